The van der Waals surface area contributed by atoms with Crippen LogP contribution in [0, 0.1) is 11.8 Å². The van der Waals surface area contributed by atoms with Gasteiger partial charge >= 0.3 is 0 Å². The smallest absolute Gasteiger partial charge is 0.137 e. The first kappa shape index (κ1) is 5.72. The molecule has 2 aliphatic carbocycles. The van der Waals surface area contributed by atoms with Gasteiger partial charge in [0.1, 0.15) is 5.78 Å². The van der Waals surface area contributed by atoms with Crippen LogP contribution in [0.25, 0.3) is 0 Å². The zero-order valence-corrected chi connectivity index (χ0v) is 5.90. The Labute approximate surface area is 59.4 Å². The van der Waals surface area contributed by atoms with Crippen molar-refractivity contribution in [3.05, 3.63) is 0 Å². The Hall–Kier alpha value is -0.0400. The van der Waals surface area contributed by atoms with Crippen LogP contribution in [-0.2, 0) is 4.79 Å². The van der Waals surface area contributed by atoms with Gasteiger partial charge in [-0.3, -0.25) is 4.79 Å². The molecule has 3 atom stereocenters. The summed E-state index contributed by atoms with van der Waals surface area (Å²) in [6, 6.07) is 0. The fourth-order valence-electron chi connectivity index (χ4n) is 2.00. The average molecular weight is 145 g/mol. The van der Waals surface area contributed by atoms with Gasteiger partial charge in [-0.15, -0.1) is 11.6 Å². The van der Waals surface area contributed by atoms with E-state index in [1.54, 1.807) is 0 Å². The van der Waals surface area contributed by atoms with Gasteiger partial charge in [-0.25, -0.2) is 0 Å². The Morgan fingerprint density at radius 3 is 2.44 bits per heavy atom. The van der Waals surface area contributed by atoms with Crippen LogP contribution in [0.5, 0.6) is 0 Å². The molecule has 0 aliphatic heterocycles. The van der Waals surface area contributed by atoms with Crippen LogP contribution in [0.1, 0.15) is 19.3 Å². The summed E-state index contributed by atoms with van der Waals surface area (Å²) in [6.07, 6.45) is 3.00. The maximum Gasteiger partial charge on any atom is 0.137 e. The predicted octanol–water partition coefficient (Wildman–Crippen LogP) is 1.59. The van der Waals surface area contributed by atoms with E-state index in [2.05, 4.69) is 0 Å². The van der Waals surface area contributed by atoms with Crippen LogP contribution in [0.4, 0.5) is 0 Å². The van der Waals surface area contributed by atoms with Crippen LogP contribution in [0.3, 0.4) is 0 Å². The summed E-state index contributed by atoms with van der Waals surface area (Å²) < 4.78 is 0. The molecule has 2 aliphatic rings. The third kappa shape index (κ3) is 0.644. The van der Waals surface area contributed by atoms with Crippen molar-refractivity contribution in [3.8, 4) is 0 Å². The Morgan fingerprint density at radius 1 is 1.44 bits per heavy atom. The lowest BCUT2D eigenvalue weighted by Crippen LogP contribution is -2.10. The molecule has 0 saturated heterocycles. The predicted molar refractivity (Wildman–Crippen MR) is 35.5 cm³/mol. The van der Waals surface area contributed by atoms with E-state index in [4.69, 9.17) is 11.6 Å². The zero-order chi connectivity index (χ0) is 6.43. The number of Topliss-reactive ketones (excluding diaryl/α,β-unsaturated/α-hetero) is 1. The first-order chi connectivity index (χ1) is 4.29. The first-order valence-corrected chi connectivity index (χ1v) is 3.89. The lowest BCUT2D eigenvalue weighted by Gasteiger charge is -2.04. The lowest BCUT2D eigenvalue weighted by molar-refractivity contribution is -0.121. The van der Waals surface area contributed by atoms with Gasteiger partial charge < -0.3 is 0 Å². The van der Waals surface area contributed by atoms with Gasteiger partial charge in [0.05, 0.1) is 0 Å². The summed E-state index contributed by atoms with van der Waals surface area (Å²) in [6.45, 7) is 0. The highest BCUT2D eigenvalue weighted by atomic mass is 35.5. The molecule has 2 saturated carbocycles. The van der Waals surface area contributed by atoms with Crippen LogP contribution in [0.2, 0.25) is 0 Å². The number of halogens is 1. The number of ketones is 1. The van der Waals surface area contributed by atoms with Crippen LogP contribution in [-0.4, -0.2) is 11.2 Å². The van der Waals surface area contributed by atoms with E-state index in [1.807, 2.05) is 0 Å². The minimum atomic E-state index is 0.192. The molecule has 0 N–H and O–H groups in total. The molecule has 2 fully saturated rings. The van der Waals surface area contributed by atoms with E-state index >= 15 is 0 Å². The highest BCUT2D eigenvalue weighted by Gasteiger charge is 2.46. The first-order valence-electron chi connectivity index (χ1n) is 3.46. The van der Waals surface area contributed by atoms with Crippen molar-refractivity contribution >= 4 is 17.4 Å². The number of rotatable bonds is 0. The molecule has 0 aromatic rings. The van der Waals surface area contributed by atoms with Gasteiger partial charge in [-0.1, -0.05) is 0 Å². The molecule has 0 radical (unpaired) electrons. The van der Waals surface area contributed by atoms with E-state index in [0.717, 1.165) is 12.8 Å². The average Bonchev–Trinajstić information content (AvgIpc) is 2.25. The van der Waals surface area contributed by atoms with Gasteiger partial charge in [0.25, 0.3) is 0 Å². The van der Waals surface area contributed by atoms with Crippen LogP contribution in [0.15, 0.2) is 0 Å². The fraction of sp³-hybridized carbons (Fsp3) is 0.857. The highest BCUT2D eigenvalue weighted by Crippen LogP contribution is 2.45. The van der Waals surface area contributed by atoms with Crippen molar-refractivity contribution in [3.63, 3.8) is 0 Å². The number of alkyl halides is 1. The van der Waals surface area contributed by atoms with Gasteiger partial charge in [0.2, 0.25) is 0 Å². The summed E-state index contributed by atoms with van der Waals surface area (Å²) in [5.74, 6) is 1.17. The molecule has 0 aromatic heterocycles. The maximum atomic E-state index is 11.0. The lowest BCUT2D eigenvalue weighted by atomic mass is 10.00. The molecule has 0 amide bonds. The Bertz CT molecular complexity index is 155. The number of hydrogen-bond donors (Lipinski definition) is 0. The monoisotopic (exact) mass is 144 g/mol. The second-order valence-electron chi connectivity index (χ2n) is 3.06. The summed E-state index contributed by atoms with van der Waals surface area (Å²) in [5.41, 5.74) is 0. The molecule has 2 bridgehead atoms. The van der Waals surface area contributed by atoms with E-state index in [0.29, 0.717) is 11.7 Å². The second kappa shape index (κ2) is 1.72. The third-order valence-corrected chi connectivity index (χ3v) is 3.22. The van der Waals surface area contributed by atoms with Crippen molar-refractivity contribution in [2.75, 3.05) is 0 Å². The number of carbonyl (C=O) groups excluding carboxylic acids is 1. The summed E-state index contributed by atoms with van der Waals surface area (Å²) in [5, 5.41) is 0.192. The van der Waals surface area contributed by atoms with E-state index in [9.17, 15) is 4.79 Å². The largest absolute Gasteiger partial charge is 0.299 e. The normalized spacial score (nSPS) is 48.6. The molecule has 2 rings (SSSR count). The highest BCUT2D eigenvalue weighted by molar-refractivity contribution is 6.23. The molecule has 50 valence electrons. The molecule has 9 heavy (non-hydrogen) atoms. The zero-order valence-electron chi connectivity index (χ0n) is 5.14. The SMILES string of the molecule is O=C1C[C@@H]2CC[C@@H]1[C@H]2Cl. The van der Waals surface area contributed by atoms with Gasteiger partial charge in [0.15, 0.2) is 0 Å². The number of fused-ring (bicyclic) bond motifs is 2. The van der Waals surface area contributed by atoms with Gasteiger partial charge in [0, 0.05) is 17.7 Å². The quantitative estimate of drug-likeness (QED) is 0.472. The minimum absolute atomic E-state index is 0.192. The van der Waals surface area contributed by atoms with Crippen LogP contribution >= 0.6 is 11.6 Å². The van der Waals surface area contributed by atoms with Crippen molar-refractivity contribution in [2.45, 2.75) is 24.6 Å². The third-order valence-electron chi connectivity index (χ3n) is 2.56. The molecule has 0 heterocycles. The minimum Gasteiger partial charge on any atom is -0.299 e. The van der Waals surface area contributed by atoms with Gasteiger partial charge in [-0.05, 0) is 18.8 Å². The molecular formula is C7H9ClO. The molecule has 0 aromatic carbocycles. The topological polar surface area (TPSA) is 17.1 Å². The molecule has 0 unspecified atom stereocenters. The Kier molecular flexibility index (Phi) is 1.10. The molecule has 0 spiro atoms. The van der Waals surface area contributed by atoms with Crippen LogP contribution < -0.4 is 0 Å². The Balaban J connectivity index is 2.26. The Morgan fingerprint density at radius 2 is 2.22 bits per heavy atom. The van der Waals surface area contributed by atoms with E-state index in [-0.39, 0.29) is 11.3 Å². The molecular weight excluding hydrogens is 136 g/mol. The second-order valence-corrected chi connectivity index (χ2v) is 3.56. The van der Waals surface area contributed by atoms with Crippen molar-refractivity contribution in [1.82, 2.24) is 0 Å². The summed E-state index contributed by atoms with van der Waals surface area (Å²) in [7, 11) is 0. The summed E-state index contributed by atoms with van der Waals surface area (Å²) >= 11 is 5.95. The number of carbonyl (C=O) groups is 1. The fourth-order valence-corrected chi connectivity index (χ4v) is 2.49. The van der Waals surface area contributed by atoms with Gasteiger partial charge in [-0.2, -0.15) is 0 Å². The number of hydrogen-bond acceptors (Lipinski definition) is 1. The standard InChI is InChI=1S/C7H9ClO/c8-7-4-1-2-5(7)6(9)3-4/h4-5,7H,1-3H2/t4-,5-,7-/m0/s1. The maximum absolute atomic E-state index is 11.0. The molecule has 2 heteroatoms. The molecule has 1 nitrogen and oxygen atoms in total. The van der Waals surface area contributed by atoms with Crippen molar-refractivity contribution in [1.29, 1.82) is 0 Å². The van der Waals surface area contributed by atoms with Crippen molar-refractivity contribution < 1.29 is 4.79 Å². The van der Waals surface area contributed by atoms with Crippen molar-refractivity contribution in [2.24, 2.45) is 11.8 Å². The van der Waals surface area contributed by atoms with E-state index < -0.39 is 0 Å². The summed E-state index contributed by atoms with van der Waals surface area (Å²) in [4.78, 5) is 11.0. The van der Waals surface area contributed by atoms with E-state index in [1.165, 1.54) is 6.42 Å².